The average molecular weight is 365 g/mol. The van der Waals surface area contributed by atoms with Crippen molar-refractivity contribution in [2.45, 2.75) is 19.7 Å². The van der Waals surface area contributed by atoms with Gasteiger partial charge in [-0.15, -0.1) is 11.3 Å². The summed E-state index contributed by atoms with van der Waals surface area (Å²) in [4.78, 5) is 19.1. The summed E-state index contributed by atoms with van der Waals surface area (Å²) < 4.78 is 5.80. The van der Waals surface area contributed by atoms with Gasteiger partial charge in [-0.3, -0.25) is 4.79 Å². The summed E-state index contributed by atoms with van der Waals surface area (Å²) in [6.07, 6.45) is -0.276. The number of carbonyl (C=O) groups is 1. The number of aromatic nitrogens is 1. The molecule has 2 heterocycles. The fourth-order valence-electron chi connectivity index (χ4n) is 2.98. The maximum Gasteiger partial charge on any atom is 0.255 e. The maximum absolute atomic E-state index is 12.4. The summed E-state index contributed by atoms with van der Waals surface area (Å²) in [5, 5.41) is 5.87. The lowest BCUT2D eigenvalue weighted by Crippen LogP contribution is -2.44. The van der Waals surface area contributed by atoms with E-state index in [0.717, 1.165) is 22.1 Å². The first-order valence-corrected chi connectivity index (χ1v) is 9.26. The molecule has 5 nitrogen and oxygen atoms in total. The highest BCUT2D eigenvalue weighted by Gasteiger charge is 2.30. The fraction of sp³-hybridized carbons (Fsp3) is 0.200. The Bertz CT molecular complexity index is 936. The maximum atomic E-state index is 12.4. The topological polar surface area (TPSA) is 54.5 Å². The Hall–Kier alpha value is -2.86. The van der Waals surface area contributed by atoms with Crippen molar-refractivity contribution < 1.29 is 9.53 Å². The first-order chi connectivity index (χ1) is 12.6. The van der Waals surface area contributed by atoms with Crippen molar-refractivity contribution in [2.75, 3.05) is 11.9 Å². The number of benzene rings is 2. The van der Waals surface area contributed by atoms with E-state index in [1.54, 1.807) is 0 Å². The van der Waals surface area contributed by atoms with Gasteiger partial charge in [0.15, 0.2) is 0 Å². The van der Waals surface area contributed by atoms with Gasteiger partial charge in [0.1, 0.15) is 23.5 Å². The fourth-order valence-corrected chi connectivity index (χ4v) is 3.70. The molecule has 4 rings (SSSR count). The molecule has 0 spiro atoms. The summed E-state index contributed by atoms with van der Waals surface area (Å²) in [7, 11) is 1.96. The molecular formula is C20H19N3O2S. The number of amides is 1. The molecule has 1 N–H and O–H groups in total. The van der Waals surface area contributed by atoms with Crippen molar-refractivity contribution in [1.29, 1.82) is 0 Å². The van der Waals surface area contributed by atoms with Gasteiger partial charge in [-0.25, -0.2) is 4.98 Å². The molecule has 0 fully saturated rings. The molecular weight excluding hydrogens is 346 g/mol. The van der Waals surface area contributed by atoms with Gasteiger partial charge in [0, 0.05) is 12.4 Å². The van der Waals surface area contributed by atoms with Gasteiger partial charge in [0.2, 0.25) is 0 Å². The molecule has 6 heteroatoms. The molecule has 1 atom stereocenters. The highest BCUT2D eigenvalue weighted by Crippen LogP contribution is 2.32. The van der Waals surface area contributed by atoms with Gasteiger partial charge in [-0.2, -0.15) is 0 Å². The molecule has 0 saturated carbocycles. The molecule has 1 aliphatic heterocycles. The average Bonchev–Trinajstić information content (AvgIpc) is 3.13. The Morgan fingerprint density at radius 1 is 1.19 bits per heavy atom. The molecule has 0 radical (unpaired) electrons. The summed E-state index contributed by atoms with van der Waals surface area (Å²) >= 11 is 1.54. The normalized spacial score (nSPS) is 16.2. The smallest absolute Gasteiger partial charge is 0.255 e. The summed E-state index contributed by atoms with van der Waals surface area (Å²) in [5.41, 5.74) is 3.62. The predicted molar refractivity (Wildman–Crippen MR) is 103 cm³/mol. The van der Waals surface area contributed by atoms with Crippen molar-refractivity contribution >= 4 is 22.9 Å². The van der Waals surface area contributed by atoms with Crippen LogP contribution < -0.4 is 15.0 Å². The molecule has 2 aromatic carbocycles. The highest BCUT2D eigenvalue weighted by molar-refractivity contribution is 7.09. The Kier molecular flexibility index (Phi) is 4.34. The van der Waals surface area contributed by atoms with Gasteiger partial charge < -0.3 is 15.0 Å². The minimum Gasteiger partial charge on any atom is -0.486 e. The standard InChI is InChI=1S/C20H19N3O2S/c1-13-7-9-14(10-8-13)25-11-18-21-16(12-26-18)19-22-20(24)15-5-3-4-6-17(15)23(19)2/h3-10,12,19H,11H2,1-2H3,(H,22,24)/t19-/m0/s1. The molecule has 132 valence electrons. The lowest BCUT2D eigenvalue weighted by Gasteiger charge is -2.35. The number of hydrogen-bond donors (Lipinski definition) is 1. The third-order valence-electron chi connectivity index (χ3n) is 4.42. The minimum atomic E-state index is -0.276. The first kappa shape index (κ1) is 16.6. The monoisotopic (exact) mass is 365 g/mol. The number of fused-ring (bicyclic) bond motifs is 1. The van der Waals surface area contributed by atoms with Gasteiger partial charge >= 0.3 is 0 Å². The summed E-state index contributed by atoms with van der Waals surface area (Å²) in [5.74, 6) is 0.749. The SMILES string of the molecule is Cc1ccc(OCc2nc([C@H]3NC(=O)c4ccccc4N3C)cs2)cc1. The lowest BCUT2D eigenvalue weighted by atomic mass is 10.1. The van der Waals surface area contributed by atoms with E-state index in [4.69, 9.17) is 4.74 Å². The van der Waals surface area contributed by atoms with E-state index in [1.165, 1.54) is 16.9 Å². The Balaban J connectivity index is 1.49. The van der Waals surface area contributed by atoms with Gasteiger partial charge in [0.25, 0.3) is 5.91 Å². The van der Waals surface area contributed by atoms with E-state index in [9.17, 15) is 4.79 Å². The van der Waals surface area contributed by atoms with Gasteiger partial charge in [0.05, 0.1) is 16.9 Å². The van der Waals surface area contributed by atoms with Crippen LogP contribution in [-0.2, 0) is 6.61 Å². The summed E-state index contributed by atoms with van der Waals surface area (Å²) in [6, 6.07) is 15.5. The molecule has 1 aliphatic rings. The molecule has 1 aromatic heterocycles. The van der Waals surface area contributed by atoms with Crippen LogP contribution in [0.4, 0.5) is 5.69 Å². The first-order valence-electron chi connectivity index (χ1n) is 8.38. The number of carbonyl (C=O) groups excluding carboxylic acids is 1. The van der Waals surface area contributed by atoms with Gasteiger partial charge in [-0.1, -0.05) is 29.8 Å². The van der Waals surface area contributed by atoms with E-state index in [0.29, 0.717) is 12.2 Å². The van der Waals surface area contributed by atoms with Crippen molar-refractivity contribution in [3.05, 3.63) is 75.7 Å². The van der Waals surface area contributed by atoms with Crippen LogP contribution in [0.25, 0.3) is 0 Å². The van der Waals surface area contributed by atoms with Crippen LogP contribution in [0.1, 0.15) is 32.8 Å². The van der Waals surface area contributed by atoms with Crippen molar-refractivity contribution in [1.82, 2.24) is 10.3 Å². The zero-order chi connectivity index (χ0) is 18.1. The number of aryl methyl sites for hydroxylation is 1. The molecule has 26 heavy (non-hydrogen) atoms. The Labute approximate surface area is 156 Å². The second-order valence-corrected chi connectivity index (χ2v) is 7.21. The zero-order valence-corrected chi connectivity index (χ0v) is 15.4. The van der Waals surface area contributed by atoms with Crippen LogP contribution >= 0.6 is 11.3 Å². The quantitative estimate of drug-likeness (QED) is 0.762. The van der Waals surface area contributed by atoms with E-state index < -0.39 is 0 Å². The Morgan fingerprint density at radius 2 is 1.96 bits per heavy atom. The largest absolute Gasteiger partial charge is 0.486 e. The van der Waals surface area contributed by atoms with Gasteiger partial charge in [-0.05, 0) is 31.2 Å². The third kappa shape index (κ3) is 3.15. The number of rotatable bonds is 4. The second-order valence-electron chi connectivity index (χ2n) is 6.27. The molecule has 0 unspecified atom stereocenters. The highest BCUT2D eigenvalue weighted by atomic mass is 32.1. The van der Waals surface area contributed by atoms with Crippen molar-refractivity contribution in [3.8, 4) is 5.75 Å². The van der Waals surface area contributed by atoms with Crippen LogP contribution in [-0.4, -0.2) is 17.9 Å². The number of ether oxygens (including phenoxy) is 1. The predicted octanol–water partition coefficient (Wildman–Crippen LogP) is 3.91. The number of para-hydroxylation sites is 1. The molecule has 1 amide bonds. The van der Waals surface area contributed by atoms with E-state index in [-0.39, 0.29) is 12.1 Å². The number of hydrogen-bond acceptors (Lipinski definition) is 5. The number of thiazole rings is 1. The van der Waals surface area contributed by atoms with Crippen LogP contribution in [0.2, 0.25) is 0 Å². The van der Waals surface area contributed by atoms with Crippen molar-refractivity contribution in [3.63, 3.8) is 0 Å². The Morgan fingerprint density at radius 3 is 2.77 bits per heavy atom. The summed E-state index contributed by atoms with van der Waals surface area (Å²) in [6.45, 7) is 2.46. The van der Waals surface area contributed by atoms with Crippen LogP contribution in [0, 0.1) is 6.92 Å². The van der Waals surface area contributed by atoms with E-state index in [2.05, 4.69) is 10.3 Å². The zero-order valence-electron chi connectivity index (χ0n) is 14.6. The molecule has 3 aromatic rings. The molecule has 0 saturated heterocycles. The van der Waals surface area contributed by atoms with Crippen LogP contribution in [0.3, 0.4) is 0 Å². The van der Waals surface area contributed by atoms with E-state index in [1.807, 2.05) is 72.8 Å². The molecule has 0 bridgehead atoms. The molecule has 0 aliphatic carbocycles. The number of nitrogens with one attached hydrogen (secondary N) is 1. The van der Waals surface area contributed by atoms with Crippen LogP contribution in [0.15, 0.2) is 53.9 Å². The van der Waals surface area contributed by atoms with Crippen LogP contribution in [0.5, 0.6) is 5.75 Å². The van der Waals surface area contributed by atoms with E-state index >= 15 is 0 Å². The third-order valence-corrected chi connectivity index (χ3v) is 5.26. The minimum absolute atomic E-state index is 0.0749. The second kappa shape index (κ2) is 6.80. The lowest BCUT2D eigenvalue weighted by molar-refractivity contribution is 0.0927. The number of anilines is 1. The van der Waals surface area contributed by atoms with Crippen molar-refractivity contribution in [2.24, 2.45) is 0 Å². The number of nitrogens with zero attached hydrogens (tertiary/aromatic N) is 2.